The topological polar surface area (TPSA) is 66.9 Å². The molecule has 132 valence electrons. The van der Waals surface area contributed by atoms with Crippen molar-refractivity contribution >= 4 is 46.4 Å². The molecule has 3 aromatic rings. The van der Waals surface area contributed by atoms with Crippen LogP contribution in [0.15, 0.2) is 48.8 Å². The van der Waals surface area contributed by atoms with E-state index in [-0.39, 0.29) is 5.91 Å². The molecule has 0 fully saturated rings. The summed E-state index contributed by atoms with van der Waals surface area (Å²) in [5.74, 6) is 0.0757. The Morgan fingerprint density at radius 3 is 2.04 bits per heavy atom. The minimum Gasteiger partial charge on any atom is -0.324 e. The lowest BCUT2D eigenvalue weighted by atomic mass is 10.2. The van der Waals surface area contributed by atoms with Crippen LogP contribution in [0.2, 0.25) is 10.0 Å². The Labute approximate surface area is 161 Å². The van der Waals surface area contributed by atoms with Gasteiger partial charge in [-0.2, -0.15) is 0 Å². The molecule has 0 radical (unpaired) electrons. The Hall–Kier alpha value is -2.63. The molecule has 0 aliphatic carbocycles. The van der Waals surface area contributed by atoms with Crippen LogP contribution in [0.25, 0.3) is 0 Å². The fraction of sp³-hybridized carbons (Fsp3) is 0.105. The SMILES string of the molecule is Cc1c(Cl)cccc1NC(=O)c1cnc(Nc2cccc(Cl)c2C)nc1. The lowest BCUT2D eigenvalue weighted by molar-refractivity contribution is 0.102. The number of hydrogen-bond acceptors (Lipinski definition) is 4. The largest absolute Gasteiger partial charge is 0.324 e. The van der Waals surface area contributed by atoms with Crippen LogP contribution in [-0.2, 0) is 0 Å². The minimum absolute atomic E-state index is 0.305. The zero-order valence-corrected chi connectivity index (χ0v) is 15.7. The Bertz CT molecular complexity index is 958. The molecule has 0 unspecified atom stereocenters. The fourth-order valence-corrected chi connectivity index (χ4v) is 2.66. The van der Waals surface area contributed by atoms with Gasteiger partial charge in [-0.15, -0.1) is 0 Å². The van der Waals surface area contributed by atoms with Crippen LogP contribution in [0.4, 0.5) is 17.3 Å². The first-order valence-electron chi connectivity index (χ1n) is 7.86. The van der Waals surface area contributed by atoms with Crippen LogP contribution >= 0.6 is 23.2 Å². The van der Waals surface area contributed by atoms with Gasteiger partial charge >= 0.3 is 0 Å². The monoisotopic (exact) mass is 386 g/mol. The van der Waals surface area contributed by atoms with Crippen molar-refractivity contribution in [2.45, 2.75) is 13.8 Å². The predicted octanol–water partition coefficient (Wildman–Crippen LogP) is 5.40. The average molecular weight is 387 g/mol. The summed E-state index contributed by atoms with van der Waals surface area (Å²) in [7, 11) is 0. The molecule has 1 amide bonds. The number of aromatic nitrogens is 2. The smallest absolute Gasteiger partial charge is 0.258 e. The van der Waals surface area contributed by atoms with E-state index in [1.807, 2.05) is 32.0 Å². The highest BCUT2D eigenvalue weighted by Gasteiger charge is 2.11. The van der Waals surface area contributed by atoms with Gasteiger partial charge in [-0.1, -0.05) is 35.3 Å². The van der Waals surface area contributed by atoms with Crippen LogP contribution in [-0.4, -0.2) is 15.9 Å². The fourth-order valence-electron chi connectivity index (χ4n) is 2.31. The van der Waals surface area contributed by atoms with Crippen LogP contribution in [0.1, 0.15) is 21.5 Å². The lowest BCUT2D eigenvalue weighted by Gasteiger charge is -2.11. The summed E-state index contributed by atoms with van der Waals surface area (Å²) in [5, 5.41) is 7.15. The molecule has 26 heavy (non-hydrogen) atoms. The van der Waals surface area contributed by atoms with Crippen molar-refractivity contribution in [1.82, 2.24) is 9.97 Å². The zero-order valence-electron chi connectivity index (χ0n) is 14.2. The maximum absolute atomic E-state index is 12.4. The second-order valence-corrected chi connectivity index (χ2v) is 6.51. The van der Waals surface area contributed by atoms with Gasteiger partial charge in [0.05, 0.1) is 5.56 Å². The average Bonchev–Trinajstić information content (AvgIpc) is 2.63. The van der Waals surface area contributed by atoms with Gasteiger partial charge in [0.15, 0.2) is 0 Å². The van der Waals surface area contributed by atoms with Gasteiger partial charge in [-0.3, -0.25) is 4.79 Å². The Kier molecular flexibility index (Phi) is 5.40. The minimum atomic E-state index is -0.305. The Balaban J connectivity index is 1.74. The number of carbonyl (C=O) groups excluding carboxylic acids is 1. The number of hydrogen-bond donors (Lipinski definition) is 2. The molecule has 0 saturated carbocycles. The summed E-state index contributed by atoms with van der Waals surface area (Å²) >= 11 is 12.2. The van der Waals surface area contributed by atoms with Crippen molar-refractivity contribution in [3.63, 3.8) is 0 Å². The van der Waals surface area contributed by atoms with Gasteiger partial charge in [-0.05, 0) is 49.2 Å². The maximum Gasteiger partial charge on any atom is 0.258 e. The van der Waals surface area contributed by atoms with Crippen molar-refractivity contribution in [3.8, 4) is 0 Å². The van der Waals surface area contributed by atoms with E-state index in [0.29, 0.717) is 27.2 Å². The highest BCUT2D eigenvalue weighted by atomic mass is 35.5. The van der Waals surface area contributed by atoms with Gasteiger partial charge < -0.3 is 10.6 Å². The third kappa shape index (κ3) is 3.95. The molecule has 0 spiro atoms. The van der Waals surface area contributed by atoms with Gasteiger partial charge in [0.25, 0.3) is 5.91 Å². The van der Waals surface area contributed by atoms with E-state index in [1.54, 1.807) is 18.2 Å². The third-order valence-corrected chi connectivity index (χ3v) is 4.76. The van der Waals surface area contributed by atoms with Gasteiger partial charge in [0.1, 0.15) is 0 Å². The van der Waals surface area contributed by atoms with E-state index in [4.69, 9.17) is 23.2 Å². The first-order chi connectivity index (χ1) is 12.5. The molecule has 1 aromatic heterocycles. The van der Waals surface area contributed by atoms with E-state index in [1.165, 1.54) is 12.4 Å². The summed E-state index contributed by atoms with van der Waals surface area (Å²) in [4.78, 5) is 20.8. The standard InChI is InChI=1S/C19H16Cl2N4O/c1-11-14(20)5-3-7-16(11)24-18(26)13-9-22-19(23-10-13)25-17-8-4-6-15(21)12(17)2/h3-10H,1-2H3,(H,24,26)(H,22,23,25). The first kappa shape index (κ1) is 18.2. The number of nitrogens with one attached hydrogen (secondary N) is 2. The van der Waals surface area contributed by atoms with Crippen molar-refractivity contribution in [3.05, 3.63) is 75.5 Å². The molecule has 5 nitrogen and oxygen atoms in total. The molecular weight excluding hydrogens is 371 g/mol. The van der Waals surface area contributed by atoms with E-state index in [0.717, 1.165) is 16.8 Å². The molecule has 3 rings (SSSR count). The Morgan fingerprint density at radius 2 is 1.42 bits per heavy atom. The molecule has 1 heterocycles. The summed E-state index contributed by atoms with van der Waals surface area (Å²) in [6, 6.07) is 10.9. The van der Waals surface area contributed by atoms with Crippen LogP contribution in [0, 0.1) is 13.8 Å². The summed E-state index contributed by atoms with van der Waals surface area (Å²) in [6.45, 7) is 3.74. The first-order valence-corrected chi connectivity index (χ1v) is 8.62. The normalized spacial score (nSPS) is 10.5. The predicted molar refractivity (Wildman–Crippen MR) is 106 cm³/mol. The quantitative estimate of drug-likeness (QED) is 0.629. The number of carbonyl (C=O) groups is 1. The van der Waals surface area contributed by atoms with E-state index in [2.05, 4.69) is 20.6 Å². The van der Waals surface area contributed by atoms with E-state index >= 15 is 0 Å². The summed E-state index contributed by atoms with van der Waals surface area (Å²) < 4.78 is 0. The number of amides is 1. The lowest BCUT2D eigenvalue weighted by Crippen LogP contribution is -2.14. The number of halogens is 2. The molecule has 2 aromatic carbocycles. The maximum atomic E-state index is 12.4. The van der Waals surface area contributed by atoms with Crippen molar-refractivity contribution in [2.24, 2.45) is 0 Å². The van der Waals surface area contributed by atoms with Gasteiger partial charge in [0, 0.05) is 33.8 Å². The molecule has 0 aliphatic heterocycles. The third-order valence-electron chi connectivity index (χ3n) is 3.94. The van der Waals surface area contributed by atoms with Gasteiger partial charge in [0.2, 0.25) is 5.95 Å². The molecule has 2 N–H and O–H groups in total. The Morgan fingerprint density at radius 1 is 0.885 bits per heavy atom. The zero-order chi connectivity index (χ0) is 18.7. The molecule has 0 bridgehead atoms. The molecule has 7 heteroatoms. The van der Waals surface area contributed by atoms with Crippen LogP contribution in [0.3, 0.4) is 0 Å². The number of anilines is 3. The van der Waals surface area contributed by atoms with E-state index < -0.39 is 0 Å². The van der Waals surface area contributed by atoms with Crippen molar-refractivity contribution < 1.29 is 4.79 Å². The van der Waals surface area contributed by atoms with Crippen molar-refractivity contribution in [2.75, 3.05) is 10.6 Å². The second-order valence-electron chi connectivity index (χ2n) is 5.70. The van der Waals surface area contributed by atoms with Crippen LogP contribution in [0.5, 0.6) is 0 Å². The molecular formula is C19H16Cl2N4O. The number of nitrogens with zero attached hydrogens (tertiary/aromatic N) is 2. The second kappa shape index (κ2) is 7.72. The summed E-state index contributed by atoms with van der Waals surface area (Å²) in [6.07, 6.45) is 2.93. The van der Waals surface area contributed by atoms with E-state index in [9.17, 15) is 4.79 Å². The summed E-state index contributed by atoms with van der Waals surface area (Å²) in [5.41, 5.74) is 3.51. The number of benzene rings is 2. The molecule has 0 aliphatic rings. The van der Waals surface area contributed by atoms with Crippen LogP contribution < -0.4 is 10.6 Å². The highest BCUT2D eigenvalue weighted by molar-refractivity contribution is 6.32. The highest BCUT2D eigenvalue weighted by Crippen LogP contribution is 2.25. The molecule has 0 saturated heterocycles. The van der Waals surface area contributed by atoms with Gasteiger partial charge in [-0.25, -0.2) is 9.97 Å². The number of rotatable bonds is 4. The van der Waals surface area contributed by atoms with Crippen molar-refractivity contribution in [1.29, 1.82) is 0 Å². The molecule has 0 atom stereocenters.